The van der Waals surface area contributed by atoms with E-state index in [1.54, 1.807) is 30.3 Å². The molecule has 0 saturated carbocycles. The normalized spacial score (nSPS) is 13.7. The van der Waals surface area contributed by atoms with Gasteiger partial charge in [0.05, 0.1) is 18.2 Å². The van der Waals surface area contributed by atoms with Crippen molar-refractivity contribution in [1.82, 2.24) is 5.32 Å². The highest BCUT2D eigenvalue weighted by molar-refractivity contribution is 7.90. The molecule has 0 unspecified atom stereocenters. The lowest BCUT2D eigenvalue weighted by Crippen LogP contribution is -2.33. The van der Waals surface area contributed by atoms with Gasteiger partial charge in [-0.2, -0.15) is 13.2 Å². The zero-order valence-electron chi connectivity index (χ0n) is 11.4. The van der Waals surface area contributed by atoms with E-state index >= 15 is 0 Å². The first-order chi connectivity index (χ1) is 9.57. The van der Waals surface area contributed by atoms with E-state index in [0.717, 1.165) is 6.26 Å². The molecule has 8 heteroatoms. The summed E-state index contributed by atoms with van der Waals surface area (Å²) in [5, 5.41) is 2.34. The molecule has 118 valence electrons. The Labute approximate surface area is 121 Å². The average molecular weight is 323 g/mol. The molecule has 4 nitrogen and oxygen atoms in total. The van der Waals surface area contributed by atoms with E-state index in [2.05, 4.69) is 5.32 Å². The van der Waals surface area contributed by atoms with Crippen LogP contribution in [-0.4, -0.2) is 32.5 Å². The largest absolute Gasteiger partial charge is 0.389 e. The molecule has 0 fully saturated rings. The number of halogens is 3. The summed E-state index contributed by atoms with van der Waals surface area (Å²) in [6, 6.07) is 7.40. The Hall–Kier alpha value is -1.57. The third-order valence-electron chi connectivity index (χ3n) is 2.64. The molecule has 0 aliphatic carbocycles. The van der Waals surface area contributed by atoms with Gasteiger partial charge >= 0.3 is 6.18 Å². The minimum Gasteiger partial charge on any atom is -0.348 e. The van der Waals surface area contributed by atoms with Crippen LogP contribution < -0.4 is 5.32 Å². The van der Waals surface area contributed by atoms with E-state index in [4.69, 9.17) is 0 Å². The number of hydrogen-bond donors (Lipinski definition) is 1. The molecule has 1 amide bonds. The fourth-order valence-electron chi connectivity index (χ4n) is 1.73. The number of carbonyl (C=O) groups is 1. The third kappa shape index (κ3) is 7.69. The second kappa shape index (κ2) is 6.93. The highest BCUT2D eigenvalue weighted by Gasteiger charge is 2.28. The fraction of sp³-hybridized carbons (Fsp3) is 0.462. The number of amides is 1. The first-order valence-corrected chi connectivity index (χ1v) is 8.22. The van der Waals surface area contributed by atoms with Crippen LogP contribution in [0.1, 0.15) is 24.4 Å². The smallest absolute Gasteiger partial charge is 0.348 e. The fourth-order valence-corrected chi connectivity index (χ4v) is 2.61. The lowest BCUT2D eigenvalue weighted by atomic mass is 10.1. The molecule has 0 spiro atoms. The van der Waals surface area contributed by atoms with Gasteiger partial charge in [0, 0.05) is 12.7 Å². The number of nitrogens with one attached hydrogen (secondary N) is 1. The summed E-state index contributed by atoms with van der Waals surface area (Å²) in [7, 11) is -3.40. The summed E-state index contributed by atoms with van der Waals surface area (Å²) in [4.78, 5) is 11.6. The van der Waals surface area contributed by atoms with Crippen LogP contribution in [0, 0.1) is 0 Å². The number of sulfone groups is 1. The van der Waals surface area contributed by atoms with E-state index in [1.165, 1.54) is 0 Å². The summed E-state index contributed by atoms with van der Waals surface area (Å²) < 4.78 is 59.0. The Morgan fingerprint density at radius 1 is 1.24 bits per heavy atom. The molecule has 0 radical (unpaired) electrons. The van der Waals surface area contributed by atoms with Crippen molar-refractivity contribution in [3.63, 3.8) is 0 Å². The van der Waals surface area contributed by atoms with Gasteiger partial charge in [-0.25, -0.2) is 8.42 Å². The molecule has 0 bridgehead atoms. The average Bonchev–Trinajstić information content (AvgIpc) is 2.34. The summed E-state index contributed by atoms with van der Waals surface area (Å²) in [5.41, 5.74) is 0.531. The van der Waals surface area contributed by atoms with Crippen molar-refractivity contribution in [3.8, 4) is 0 Å². The number of hydrogen-bond acceptors (Lipinski definition) is 3. The summed E-state index contributed by atoms with van der Waals surface area (Å²) >= 11 is 0. The van der Waals surface area contributed by atoms with Crippen LogP contribution in [0.25, 0.3) is 0 Å². The van der Waals surface area contributed by atoms with Gasteiger partial charge in [-0.3, -0.25) is 4.79 Å². The van der Waals surface area contributed by atoms with Crippen LogP contribution in [-0.2, 0) is 14.6 Å². The van der Waals surface area contributed by atoms with Crippen LogP contribution in [0.15, 0.2) is 30.3 Å². The topological polar surface area (TPSA) is 63.2 Å². The number of benzene rings is 1. The van der Waals surface area contributed by atoms with Crippen molar-refractivity contribution in [2.75, 3.05) is 12.0 Å². The van der Waals surface area contributed by atoms with E-state index < -0.39 is 40.8 Å². The molecule has 1 N–H and O–H groups in total. The predicted molar refractivity (Wildman–Crippen MR) is 72.3 cm³/mol. The molecule has 0 heterocycles. The second-order valence-electron chi connectivity index (χ2n) is 4.74. The van der Waals surface area contributed by atoms with Crippen molar-refractivity contribution in [3.05, 3.63) is 35.9 Å². The highest BCUT2D eigenvalue weighted by atomic mass is 32.2. The van der Waals surface area contributed by atoms with Gasteiger partial charge in [0.2, 0.25) is 5.91 Å². The molecule has 1 aromatic carbocycles. The van der Waals surface area contributed by atoms with Crippen molar-refractivity contribution in [2.24, 2.45) is 0 Å². The number of alkyl halides is 3. The van der Waals surface area contributed by atoms with E-state index in [0.29, 0.717) is 5.56 Å². The van der Waals surface area contributed by atoms with Gasteiger partial charge in [-0.15, -0.1) is 0 Å². The van der Waals surface area contributed by atoms with Crippen LogP contribution >= 0.6 is 0 Å². The number of carbonyl (C=O) groups excluding carboxylic acids is 1. The standard InChI is InChI=1S/C13H16F3NO3S/c1-21(19,20)9-11(10-5-3-2-4-6-10)17-12(18)7-8-13(14,15)16/h2-6,11H,7-9H2,1H3,(H,17,18)/t11-/m1/s1. The lowest BCUT2D eigenvalue weighted by Gasteiger charge is -2.18. The summed E-state index contributed by atoms with van der Waals surface area (Å²) in [5.74, 6) is -1.20. The Balaban J connectivity index is 2.77. The second-order valence-corrected chi connectivity index (χ2v) is 6.92. The first-order valence-electron chi connectivity index (χ1n) is 6.15. The Morgan fingerprint density at radius 3 is 2.29 bits per heavy atom. The Bertz CT molecular complexity index is 570. The van der Waals surface area contributed by atoms with Crippen LogP contribution in [0.2, 0.25) is 0 Å². The van der Waals surface area contributed by atoms with Gasteiger partial charge in [0.15, 0.2) is 0 Å². The molecule has 1 aromatic rings. The molecule has 1 atom stereocenters. The van der Waals surface area contributed by atoms with Crippen LogP contribution in [0.3, 0.4) is 0 Å². The quantitative estimate of drug-likeness (QED) is 0.873. The molecular weight excluding hydrogens is 307 g/mol. The Kier molecular flexibility index (Phi) is 5.77. The van der Waals surface area contributed by atoms with E-state index in [1.807, 2.05) is 0 Å². The van der Waals surface area contributed by atoms with Crippen LogP contribution in [0.4, 0.5) is 13.2 Å². The highest BCUT2D eigenvalue weighted by Crippen LogP contribution is 2.22. The molecular formula is C13H16F3NO3S. The summed E-state index contributed by atoms with van der Waals surface area (Å²) in [6.45, 7) is 0. The van der Waals surface area contributed by atoms with Gasteiger partial charge in [-0.1, -0.05) is 30.3 Å². The molecule has 0 aliphatic heterocycles. The van der Waals surface area contributed by atoms with Gasteiger partial charge in [0.25, 0.3) is 0 Å². The maximum atomic E-state index is 12.1. The predicted octanol–water partition coefficient (Wildman–Crippen LogP) is 2.23. The molecule has 0 saturated heterocycles. The third-order valence-corrected chi connectivity index (χ3v) is 3.58. The minimum absolute atomic E-state index is 0.366. The van der Waals surface area contributed by atoms with E-state index in [-0.39, 0.29) is 5.75 Å². The molecule has 0 aromatic heterocycles. The van der Waals surface area contributed by atoms with Crippen molar-refractivity contribution in [1.29, 1.82) is 0 Å². The van der Waals surface area contributed by atoms with Crippen molar-refractivity contribution >= 4 is 15.7 Å². The van der Waals surface area contributed by atoms with Crippen LogP contribution in [0.5, 0.6) is 0 Å². The molecule has 1 rings (SSSR count). The molecule has 0 aliphatic rings. The van der Waals surface area contributed by atoms with E-state index in [9.17, 15) is 26.4 Å². The van der Waals surface area contributed by atoms with Crippen molar-refractivity contribution < 1.29 is 26.4 Å². The summed E-state index contributed by atoms with van der Waals surface area (Å²) in [6.07, 6.45) is -5.38. The SMILES string of the molecule is CS(=O)(=O)C[C@@H](NC(=O)CCC(F)(F)F)c1ccccc1. The Morgan fingerprint density at radius 2 is 1.81 bits per heavy atom. The van der Waals surface area contributed by atoms with Crippen molar-refractivity contribution in [2.45, 2.75) is 25.1 Å². The zero-order valence-corrected chi connectivity index (χ0v) is 12.2. The maximum Gasteiger partial charge on any atom is 0.389 e. The van der Waals surface area contributed by atoms with Gasteiger partial charge in [-0.05, 0) is 5.56 Å². The zero-order chi connectivity index (χ0) is 16.1. The number of rotatable bonds is 6. The monoisotopic (exact) mass is 323 g/mol. The van der Waals surface area contributed by atoms with Gasteiger partial charge < -0.3 is 5.32 Å². The first kappa shape index (κ1) is 17.5. The minimum atomic E-state index is -4.42. The van der Waals surface area contributed by atoms with Gasteiger partial charge in [0.1, 0.15) is 9.84 Å². The lowest BCUT2D eigenvalue weighted by molar-refractivity contribution is -0.144. The maximum absolute atomic E-state index is 12.1. The molecule has 21 heavy (non-hydrogen) atoms.